The molecule has 3 atom stereocenters. The molecular weight excluding hydrogens is 433 g/mol. The summed E-state index contributed by atoms with van der Waals surface area (Å²) in [6.45, 7) is 2.73. The number of amides is 2. The van der Waals surface area contributed by atoms with Crippen LogP contribution >= 0.6 is 12.2 Å². The molecule has 1 aliphatic heterocycles. The fourth-order valence-electron chi connectivity index (χ4n) is 2.69. The Morgan fingerprint density at radius 2 is 1.96 bits per heavy atom. The van der Waals surface area contributed by atoms with Crippen LogP contribution in [-0.4, -0.2) is 70.9 Å². The molecule has 0 fully saturated rings. The van der Waals surface area contributed by atoms with Gasteiger partial charge in [-0.25, -0.2) is 0 Å². The molecule has 2 amide bonds. The first kappa shape index (κ1) is 25.8. The van der Waals surface area contributed by atoms with Crippen LogP contribution < -0.4 is 5.32 Å². The van der Waals surface area contributed by atoms with E-state index in [1.165, 1.54) is 12.2 Å². The van der Waals surface area contributed by atoms with E-state index in [-0.39, 0.29) is 69.7 Å². The first-order valence-electron chi connectivity index (χ1n) is 8.56. The maximum Gasteiger partial charge on any atom is 0.253 e. The van der Waals surface area contributed by atoms with Gasteiger partial charge in [-0.1, -0.05) is 19.1 Å². The number of nitrogens with one attached hydrogen (secondary N) is 1. The molecule has 1 radical (unpaired) electrons. The van der Waals surface area contributed by atoms with Gasteiger partial charge in [-0.05, 0) is 19.3 Å². The molecule has 1 aliphatic rings. The average Bonchev–Trinajstić information content (AvgIpc) is 2.92. The molecule has 1 rings (SSSR count). The minimum absolute atomic E-state index is 0. The Morgan fingerprint density at radius 3 is 2.46 bits per heavy atom. The van der Waals surface area contributed by atoms with Crippen molar-refractivity contribution in [1.82, 2.24) is 10.2 Å². The molecule has 0 saturated heterocycles. The largest absolute Gasteiger partial charge is 0.396 e. The maximum absolute atomic E-state index is 11.4. The Morgan fingerprint density at radius 1 is 1.35 bits per heavy atom. The van der Waals surface area contributed by atoms with Gasteiger partial charge in [0, 0.05) is 84.0 Å². The molecule has 3 unspecified atom stereocenters. The van der Waals surface area contributed by atoms with Crippen molar-refractivity contribution in [3.05, 3.63) is 12.2 Å². The van der Waals surface area contributed by atoms with E-state index in [2.05, 4.69) is 5.32 Å². The van der Waals surface area contributed by atoms with Crippen molar-refractivity contribution in [3.63, 3.8) is 0 Å². The van der Waals surface area contributed by atoms with Crippen molar-refractivity contribution in [3.8, 4) is 0 Å². The molecule has 9 heteroatoms. The predicted octanol–water partition coefficient (Wildman–Crippen LogP) is 0.391. The number of thiocarbonyl (C=S) groups is 1. The quantitative estimate of drug-likeness (QED) is 0.220. The van der Waals surface area contributed by atoms with Gasteiger partial charge in [-0.15, -0.1) is 0 Å². The van der Waals surface area contributed by atoms with Crippen LogP contribution in [0.3, 0.4) is 0 Å². The molecule has 0 saturated carbocycles. The zero-order chi connectivity index (χ0) is 18.8. The second kappa shape index (κ2) is 13.9. The Labute approximate surface area is 185 Å². The van der Waals surface area contributed by atoms with Gasteiger partial charge in [0.15, 0.2) is 0 Å². The fourth-order valence-corrected chi connectivity index (χ4v) is 2.89. The number of hydrogen-bond acceptors (Lipinski definition) is 6. The third-order valence-corrected chi connectivity index (χ3v) is 4.72. The summed E-state index contributed by atoms with van der Waals surface area (Å²) in [5.74, 6) is -0.804. The van der Waals surface area contributed by atoms with Gasteiger partial charge in [0.25, 0.3) is 11.8 Å². The molecular formula is C17H28N2O5SY. The molecule has 0 aromatic heterocycles. The Kier molecular flexibility index (Phi) is 13.7. The number of ether oxygens (including phenoxy) is 1. The summed E-state index contributed by atoms with van der Waals surface area (Å²) in [6, 6.07) is 0. The number of imide groups is 1. The molecule has 0 aromatic carbocycles. The van der Waals surface area contributed by atoms with Crippen LogP contribution in [0.15, 0.2) is 12.2 Å². The van der Waals surface area contributed by atoms with Crippen LogP contribution in [-0.2, 0) is 47.0 Å². The summed E-state index contributed by atoms with van der Waals surface area (Å²) in [6.07, 6.45) is 3.95. The fraction of sp³-hybridized carbons (Fsp3) is 0.706. The molecule has 0 bridgehead atoms. The van der Waals surface area contributed by atoms with Crippen molar-refractivity contribution >= 4 is 29.0 Å². The van der Waals surface area contributed by atoms with Crippen LogP contribution in [0.2, 0.25) is 0 Å². The van der Waals surface area contributed by atoms with Gasteiger partial charge in [0.05, 0.1) is 17.2 Å². The van der Waals surface area contributed by atoms with Gasteiger partial charge in [-0.2, -0.15) is 0 Å². The standard InChI is InChI=1S/C17H28N2O5S.Y/c1-3-12(11-20)17(23)13(24-2)5-4-9-18-14(25)8-10-19-15(21)6-7-16(19)22;/h6-7,12-13,17,20,23H,3-5,8-11H2,1-2H3,(H,18,25);. The van der Waals surface area contributed by atoms with Crippen molar-refractivity contribution < 1.29 is 57.2 Å². The Hall–Kier alpha value is -0.246. The van der Waals surface area contributed by atoms with E-state index in [0.29, 0.717) is 30.8 Å². The number of rotatable bonds is 12. The average molecular weight is 461 g/mol. The molecule has 0 spiro atoms. The summed E-state index contributed by atoms with van der Waals surface area (Å²) in [5, 5.41) is 22.6. The topological polar surface area (TPSA) is 99.1 Å². The molecule has 145 valence electrons. The summed E-state index contributed by atoms with van der Waals surface area (Å²) in [7, 11) is 1.55. The first-order valence-corrected chi connectivity index (χ1v) is 8.97. The summed E-state index contributed by atoms with van der Waals surface area (Å²) in [4.78, 5) is 24.6. The third kappa shape index (κ3) is 8.19. The van der Waals surface area contributed by atoms with E-state index in [1.807, 2.05) is 6.92 Å². The van der Waals surface area contributed by atoms with Crippen molar-refractivity contribution in [2.24, 2.45) is 5.92 Å². The van der Waals surface area contributed by atoms with Crippen LogP contribution in [0.5, 0.6) is 0 Å². The first-order chi connectivity index (χ1) is 11.9. The van der Waals surface area contributed by atoms with Crippen molar-refractivity contribution in [2.45, 2.75) is 44.8 Å². The second-order valence-corrected chi connectivity index (χ2v) is 6.51. The van der Waals surface area contributed by atoms with Crippen molar-refractivity contribution in [2.75, 3.05) is 26.8 Å². The number of aliphatic hydroxyl groups is 2. The van der Waals surface area contributed by atoms with Gasteiger partial charge >= 0.3 is 0 Å². The van der Waals surface area contributed by atoms with Crippen LogP contribution in [0.1, 0.15) is 32.6 Å². The van der Waals surface area contributed by atoms with Gasteiger partial charge in [0.1, 0.15) is 0 Å². The molecule has 0 aromatic rings. The third-order valence-electron chi connectivity index (χ3n) is 4.38. The second-order valence-electron chi connectivity index (χ2n) is 6.02. The van der Waals surface area contributed by atoms with Gasteiger partial charge in [-0.3, -0.25) is 14.5 Å². The number of aliphatic hydroxyl groups excluding tert-OH is 2. The smallest absolute Gasteiger partial charge is 0.253 e. The number of methoxy groups -OCH3 is 1. The van der Waals surface area contributed by atoms with E-state index >= 15 is 0 Å². The molecule has 26 heavy (non-hydrogen) atoms. The van der Waals surface area contributed by atoms with Crippen LogP contribution in [0.4, 0.5) is 0 Å². The minimum atomic E-state index is -0.702. The zero-order valence-corrected chi connectivity index (χ0v) is 19.0. The number of nitrogens with zero attached hydrogens (tertiary/aromatic N) is 1. The van der Waals surface area contributed by atoms with E-state index in [4.69, 9.17) is 17.0 Å². The number of carbonyl (C=O) groups excluding carboxylic acids is 2. The molecule has 3 N–H and O–H groups in total. The van der Waals surface area contributed by atoms with Crippen LogP contribution in [0, 0.1) is 5.92 Å². The summed E-state index contributed by atoms with van der Waals surface area (Å²) in [5.41, 5.74) is 0. The van der Waals surface area contributed by atoms with Crippen molar-refractivity contribution in [1.29, 1.82) is 0 Å². The monoisotopic (exact) mass is 461 g/mol. The molecule has 0 aliphatic carbocycles. The number of hydrogen-bond donors (Lipinski definition) is 3. The molecule has 7 nitrogen and oxygen atoms in total. The Bertz CT molecular complexity index is 482. The van der Waals surface area contributed by atoms with Gasteiger partial charge in [0.2, 0.25) is 0 Å². The number of carbonyl (C=O) groups is 2. The van der Waals surface area contributed by atoms with Crippen LogP contribution in [0.25, 0.3) is 0 Å². The van der Waals surface area contributed by atoms with E-state index in [1.54, 1.807) is 7.11 Å². The predicted molar refractivity (Wildman–Crippen MR) is 98.0 cm³/mol. The molecule has 1 heterocycles. The summed E-state index contributed by atoms with van der Waals surface area (Å²) >= 11 is 5.21. The normalized spacial score (nSPS) is 17.0. The van der Waals surface area contributed by atoms with E-state index in [0.717, 1.165) is 11.3 Å². The van der Waals surface area contributed by atoms with E-state index < -0.39 is 6.10 Å². The zero-order valence-electron chi connectivity index (χ0n) is 15.4. The SMILES string of the molecule is CCC(CO)C(O)C(CCCNC(=S)CCN1C(=O)C=CC1=O)OC.[Y]. The minimum Gasteiger partial charge on any atom is -0.396 e. The van der Waals surface area contributed by atoms with E-state index in [9.17, 15) is 19.8 Å². The van der Waals surface area contributed by atoms with Gasteiger partial charge < -0.3 is 20.3 Å². The Balaban J connectivity index is 0.00000625. The maximum atomic E-state index is 11.4. The summed E-state index contributed by atoms with van der Waals surface area (Å²) < 4.78 is 5.33.